The lowest BCUT2D eigenvalue weighted by Gasteiger charge is -2.14. The number of guanidine groups is 1. The van der Waals surface area contributed by atoms with E-state index in [4.69, 9.17) is 0 Å². The summed E-state index contributed by atoms with van der Waals surface area (Å²) in [5.74, 6) is 0.890. The van der Waals surface area contributed by atoms with Gasteiger partial charge in [0.25, 0.3) is 0 Å². The molecule has 1 aromatic rings. The highest BCUT2D eigenvalue weighted by Gasteiger charge is 2.17. The van der Waals surface area contributed by atoms with Crippen molar-refractivity contribution in [3.63, 3.8) is 0 Å². The molecular weight excluding hydrogens is 407 g/mol. The van der Waals surface area contributed by atoms with E-state index in [1.165, 1.54) is 19.3 Å². The van der Waals surface area contributed by atoms with Gasteiger partial charge < -0.3 is 10.6 Å². The maximum Gasteiger partial charge on any atom is 0.191 e. The first-order chi connectivity index (χ1) is 9.97. The van der Waals surface area contributed by atoms with Crippen molar-refractivity contribution in [1.82, 2.24) is 15.6 Å². The van der Waals surface area contributed by atoms with Crippen molar-refractivity contribution in [2.24, 2.45) is 4.99 Å². The van der Waals surface area contributed by atoms with Gasteiger partial charge in [0.05, 0.1) is 12.2 Å². The molecule has 0 aliphatic heterocycles. The molecule has 0 aliphatic carbocycles. The third kappa shape index (κ3) is 8.31. The van der Waals surface area contributed by atoms with Gasteiger partial charge >= 0.3 is 0 Å². The van der Waals surface area contributed by atoms with Gasteiger partial charge in [-0.05, 0) is 13.3 Å². The van der Waals surface area contributed by atoms with Crippen LogP contribution >= 0.6 is 35.3 Å². The zero-order valence-electron chi connectivity index (χ0n) is 14.5. The number of aliphatic imine (C=N–C) groups is 1. The van der Waals surface area contributed by atoms with E-state index in [2.05, 4.69) is 60.6 Å². The molecule has 4 nitrogen and oxygen atoms in total. The molecular formula is C16H31IN4S. The summed E-state index contributed by atoms with van der Waals surface area (Å²) in [6.07, 6.45) is 3.68. The van der Waals surface area contributed by atoms with Crippen LogP contribution in [0, 0.1) is 0 Å². The van der Waals surface area contributed by atoms with Crippen LogP contribution in [0.15, 0.2) is 10.4 Å². The highest BCUT2D eigenvalue weighted by Crippen LogP contribution is 2.24. The molecule has 0 radical (unpaired) electrons. The van der Waals surface area contributed by atoms with Crippen LogP contribution in [-0.2, 0) is 12.0 Å². The molecule has 22 heavy (non-hydrogen) atoms. The number of nitrogens with one attached hydrogen (secondary N) is 2. The van der Waals surface area contributed by atoms with Crippen molar-refractivity contribution >= 4 is 41.3 Å². The van der Waals surface area contributed by atoms with Crippen LogP contribution in [-0.4, -0.2) is 24.0 Å². The molecule has 0 saturated carbocycles. The molecule has 0 fully saturated rings. The Balaban J connectivity index is 0.00000441. The van der Waals surface area contributed by atoms with Crippen LogP contribution in [0.25, 0.3) is 0 Å². The third-order valence-electron chi connectivity index (χ3n) is 3.11. The molecule has 128 valence electrons. The zero-order valence-corrected chi connectivity index (χ0v) is 17.7. The van der Waals surface area contributed by atoms with Crippen molar-refractivity contribution in [2.75, 3.05) is 13.1 Å². The van der Waals surface area contributed by atoms with E-state index in [0.717, 1.165) is 29.8 Å². The number of hydrogen-bond donors (Lipinski definition) is 2. The van der Waals surface area contributed by atoms with Gasteiger partial charge in [-0.1, -0.05) is 40.5 Å². The largest absolute Gasteiger partial charge is 0.357 e. The maximum atomic E-state index is 4.68. The van der Waals surface area contributed by atoms with Crippen LogP contribution < -0.4 is 10.6 Å². The molecule has 0 aromatic carbocycles. The Bertz CT molecular complexity index is 438. The van der Waals surface area contributed by atoms with E-state index >= 15 is 0 Å². The number of thiazole rings is 1. The summed E-state index contributed by atoms with van der Waals surface area (Å²) in [5.41, 5.74) is 1.26. The first-order valence-electron chi connectivity index (χ1n) is 7.94. The monoisotopic (exact) mass is 438 g/mol. The molecule has 0 amide bonds. The van der Waals surface area contributed by atoms with Crippen LogP contribution in [0.1, 0.15) is 64.6 Å². The van der Waals surface area contributed by atoms with Crippen LogP contribution in [0.4, 0.5) is 0 Å². The second kappa shape index (κ2) is 11.2. The zero-order chi connectivity index (χ0) is 15.7. The van der Waals surface area contributed by atoms with E-state index in [0.29, 0.717) is 6.54 Å². The number of unbranched alkanes of at least 4 members (excludes halogenated alkanes) is 2. The fourth-order valence-electron chi connectivity index (χ4n) is 1.80. The van der Waals surface area contributed by atoms with Gasteiger partial charge in [0.2, 0.25) is 0 Å². The van der Waals surface area contributed by atoms with Crippen LogP contribution in [0.2, 0.25) is 0 Å². The number of aromatic nitrogens is 1. The van der Waals surface area contributed by atoms with E-state index in [1.54, 1.807) is 11.3 Å². The minimum Gasteiger partial charge on any atom is -0.357 e. The van der Waals surface area contributed by atoms with Crippen molar-refractivity contribution in [3.8, 4) is 0 Å². The van der Waals surface area contributed by atoms with E-state index in [-0.39, 0.29) is 29.4 Å². The van der Waals surface area contributed by atoms with Crippen molar-refractivity contribution in [2.45, 2.75) is 65.8 Å². The van der Waals surface area contributed by atoms with E-state index in [1.807, 2.05) is 0 Å². The minimum absolute atomic E-state index is 0. The van der Waals surface area contributed by atoms with Gasteiger partial charge in [-0.2, -0.15) is 0 Å². The summed E-state index contributed by atoms with van der Waals surface area (Å²) >= 11 is 1.69. The summed E-state index contributed by atoms with van der Waals surface area (Å²) in [4.78, 5) is 9.30. The van der Waals surface area contributed by atoms with Gasteiger partial charge in [-0.3, -0.25) is 0 Å². The summed E-state index contributed by atoms with van der Waals surface area (Å²) in [6.45, 7) is 13.4. The Morgan fingerprint density at radius 2 is 1.95 bits per heavy atom. The molecule has 0 atom stereocenters. The summed E-state index contributed by atoms with van der Waals surface area (Å²) in [7, 11) is 0. The van der Waals surface area contributed by atoms with Gasteiger partial charge in [0.15, 0.2) is 5.96 Å². The summed E-state index contributed by atoms with van der Waals surface area (Å²) < 4.78 is 0. The number of hydrogen-bond acceptors (Lipinski definition) is 3. The lowest BCUT2D eigenvalue weighted by atomic mass is 9.93. The topological polar surface area (TPSA) is 49.3 Å². The molecule has 1 heterocycles. The van der Waals surface area contributed by atoms with Crippen LogP contribution in [0.3, 0.4) is 0 Å². The second-order valence-electron chi connectivity index (χ2n) is 6.21. The standard InChI is InChI=1S/C16H30N4S.HI/c1-6-8-9-10-18-15(17-7-2)19-11-14-20-13(12-21-14)16(3,4)5;/h12H,6-11H2,1-5H3,(H2,17,18,19);1H. The average Bonchev–Trinajstić information content (AvgIpc) is 2.89. The molecule has 1 aromatic heterocycles. The number of rotatable bonds is 7. The van der Waals surface area contributed by atoms with Gasteiger partial charge in [-0.15, -0.1) is 35.3 Å². The number of nitrogens with zero attached hydrogens (tertiary/aromatic N) is 2. The third-order valence-corrected chi connectivity index (χ3v) is 3.94. The smallest absolute Gasteiger partial charge is 0.191 e. The molecule has 0 saturated heterocycles. The van der Waals surface area contributed by atoms with Crippen molar-refractivity contribution < 1.29 is 0 Å². The van der Waals surface area contributed by atoms with Crippen LogP contribution in [0.5, 0.6) is 0 Å². The highest BCUT2D eigenvalue weighted by atomic mass is 127. The fourth-order valence-corrected chi connectivity index (χ4v) is 2.74. The average molecular weight is 438 g/mol. The Labute approximate surface area is 156 Å². The molecule has 2 N–H and O–H groups in total. The van der Waals surface area contributed by atoms with Gasteiger partial charge in [-0.25, -0.2) is 9.98 Å². The lowest BCUT2D eigenvalue weighted by Crippen LogP contribution is -2.37. The van der Waals surface area contributed by atoms with E-state index < -0.39 is 0 Å². The van der Waals surface area contributed by atoms with E-state index in [9.17, 15) is 0 Å². The quantitative estimate of drug-likeness (QED) is 0.289. The van der Waals surface area contributed by atoms with Crippen molar-refractivity contribution in [3.05, 3.63) is 16.1 Å². The summed E-state index contributed by atoms with van der Waals surface area (Å²) in [6, 6.07) is 0. The van der Waals surface area contributed by atoms with Gasteiger partial charge in [0.1, 0.15) is 5.01 Å². The number of halogens is 1. The van der Waals surface area contributed by atoms with Gasteiger partial charge in [0, 0.05) is 23.9 Å². The van der Waals surface area contributed by atoms with Crippen molar-refractivity contribution in [1.29, 1.82) is 0 Å². The Morgan fingerprint density at radius 3 is 2.50 bits per heavy atom. The fraction of sp³-hybridized carbons (Fsp3) is 0.750. The Morgan fingerprint density at radius 1 is 1.23 bits per heavy atom. The lowest BCUT2D eigenvalue weighted by molar-refractivity contribution is 0.571. The molecule has 0 aliphatic rings. The minimum atomic E-state index is 0. The molecule has 6 heteroatoms. The predicted molar refractivity (Wildman–Crippen MR) is 109 cm³/mol. The molecule has 0 bridgehead atoms. The highest BCUT2D eigenvalue weighted by molar-refractivity contribution is 14.0. The molecule has 1 rings (SSSR count). The second-order valence-corrected chi connectivity index (χ2v) is 7.15. The Kier molecular flexibility index (Phi) is 11.0. The predicted octanol–water partition coefficient (Wildman–Crippen LogP) is 4.30. The SMILES string of the molecule is CCCCCNC(=NCc1nc(C(C)(C)C)cs1)NCC.I. The maximum absolute atomic E-state index is 4.68. The molecule has 0 unspecified atom stereocenters. The first-order valence-corrected chi connectivity index (χ1v) is 8.82. The Hall–Kier alpha value is -0.370. The summed E-state index contributed by atoms with van der Waals surface area (Å²) in [5, 5.41) is 9.88. The molecule has 0 spiro atoms. The normalized spacial score (nSPS) is 12.0. The first kappa shape index (κ1) is 21.6.